The molecule has 0 aromatic rings. The van der Waals surface area contributed by atoms with Crippen molar-refractivity contribution >= 4 is 5.97 Å². The van der Waals surface area contributed by atoms with Gasteiger partial charge in [-0.25, -0.2) is 0 Å². The van der Waals surface area contributed by atoms with E-state index in [9.17, 15) is 18.0 Å². The summed E-state index contributed by atoms with van der Waals surface area (Å²) in [6.45, 7) is 1.83. The molecule has 1 aliphatic rings. The summed E-state index contributed by atoms with van der Waals surface area (Å²) in [4.78, 5) is 12.8. The second-order valence-electron chi connectivity index (χ2n) is 4.38. The summed E-state index contributed by atoms with van der Waals surface area (Å²) in [5, 5.41) is 8.93. The Morgan fingerprint density at radius 1 is 1.53 bits per heavy atom. The van der Waals surface area contributed by atoms with Crippen LogP contribution in [0.1, 0.15) is 6.92 Å². The topological polar surface area (TPSA) is 49.8 Å². The standard InChI is InChI=1S/C10H16F3NO3/c1-6-3-14(4-7(6)9(16)17-2)5-8(15)10(11,12)13/h6-8,15H,3-5H2,1-2H3. The zero-order valence-electron chi connectivity index (χ0n) is 9.70. The monoisotopic (exact) mass is 255 g/mol. The van der Waals surface area contributed by atoms with Crippen LogP contribution >= 0.6 is 0 Å². The number of likely N-dealkylation sites (tertiary alicyclic amines) is 1. The fourth-order valence-corrected chi connectivity index (χ4v) is 2.02. The Morgan fingerprint density at radius 3 is 2.59 bits per heavy atom. The van der Waals surface area contributed by atoms with Crippen LogP contribution in [0.2, 0.25) is 0 Å². The van der Waals surface area contributed by atoms with Gasteiger partial charge in [0.05, 0.1) is 13.0 Å². The zero-order chi connectivity index (χ0) is 13.2. The molecule has 0 spiro atoms. The van der Waals surface area contributed by atoms with Gasteiger partial charge in [-0.2, -0.15) is 13.2 Å². The molecule has 0 aromatic heterocycles. The number of hydrogen-bond donors (Lipinski definition) is 1. The number of β-amino-alcohol motifs (C(OH)–C–C–N with tert-alkyl or cyclic N) is 1. The van der Waals surface area contributed by atoms with E-state index in [2.05, 4.69) is 4.74 Å². The summed E-state index contributed by atoms with van der Waals surface area (Å²) in [5.41, 5.74) is 0. The van der Waals surface area contributed by atoms with Gasteiger partial charge in [-0.05, 0) is 5.92 Å². The third-order valence-corrected chi connectivity index (χ3v) is 3.00. The van der Waals surface area contributed by atoms with Crippen LogP contribution in [0.5, 0.6) is 0 Å². The number of ether oxygens (including phenoxy) is 1. The predicted octanol–water partition coefficient (Wildman–Crippen LogP) is 0.650. The molecule has 0 amide bonds. The number of esters is 1. The van der Waals surface area contributed by atoms with Crippen LogP contribution < -0.4 is 0 Å². The lowest BCUT2D eigenvalue weighted by Gasteiger charge is -2.21. The zero-order valence-corrected chi connectivity index (χ0v) is 9.70. The van der Waals surface area contributed by atoms with Gasteiger partial charge in [0.25, 0.3) is 0 Å². The van der Waals surface area contributed by atoms with Crippen molar-refractivity contribution in [3.63, 3.8) is 0 Å². The highest BCUT2D eigenvalue weighted by atomic mass is 19.4. The maximum Gasteiger partial charge on any atom is 0.415 e. The van der Waals surface area contributed by atoms with Gasteiger partial charge in [0, 0.05) is 19.6 Å². The van der Waals surface area contributed by atoms with Gasteiger partial charge in [-0.15, -0.1) is 0 Å². The highest BCUT2D eigenvalue weighted by molar-refractivity contribution is 5.73. The van der Waals surface area contributed by atoms with E-state index in [-0.39, 0.29) is 12.5 Å². The molecular weight excluding hydrogens is 239 g/mol. The molecule has 0 bridgehead atoms. The summed E-state index contributed by atoms with van der Waals surface area (Å²) in [6, 6.07) is 0. The number of carbonyl (C=O) groups is 1. The first kappa shape index (κ1) is 14.2. The molecule has 0 saturated carbocycles. The van der Waals surface area contributed by atoms with E-state index < -0.39 is 30.7 Å². The Balaban J connectivity index is 2.52. The molecule has 1 heterocycles. The van der Waals surface area contributed by atoms with Crippen LogP contribution in [0, 0.1) is 11.8 Å². The van der Waals surface area contributed by atoms with Crippen molar-refractivity contribution in [1.29, 1.82) is 0 Å². The normalized spacial score (nSPS) is 28.1. The van der Waals surface area contributed by atoms with Gasteiger partial charge in [0.1, 0.15) is 0 Å². The minimum atomic E-state index is -4.62. The Labute approximate surface area is 97.3 Å². The van der Waals surface area contributed by atoms with Crippen molar-refractivity contribution in [3.05, 3.63) is 0 Å². The lowest BCUT2D eigenvalue weighted by Crippen LogP contribution is -2.40. The van der Waals surface area contributed by atoms with Crippen molar-refractivity contribution in [2.24, 2.45) is 11.8 Å². The van der Waals surface area contributed by atoms with Crippen LogP contribution in [0.25, 0.3) is 0 Å². The number of aliphatic hydroxyl groups excluding tert-OH is 1. The van der Waals surface area contributed by atoms with E-state index >= 15 is 0 Å². The average Bonchev–Trinajstić information content (AvgIpc) is 2.57. The predicted molar refractivity (Wildman–Crippen MR) is 53.2 cm³/mol. The van der Waals surface area contributed by atoms with Crippen molar-refractivity contribution < 1.29 is 27.8 Å². The van der Waals surface area contributed by atoms with Gasteiger partial charge >= 0.3 is 12.1 Å². The van der Waals surface area contributed by atoms with Crippen LogP contribution in [0.3, 0.4) is 0 Å². The number of hydrogen-bond acceptors (Lipinski definition) is 4. The number of aliphatic hydroxyl groups is 1. The highest BCUT2D eigenvalue weighted by Gasteiger charge is 2.42. The Bertz CT molecular complexity index is 282. The van der Waals surface area contributed by atoms with Crippen LogP contribution in [0.15, 0.2) is 0 Å². The summed E-state index contributed by atoms with van der Waals surface area (Å²) in [5.74, 6) is -0.898. The molecule has 3 atom stereocenters. The quantitative estimate of drug-likeness (QED) is 0.752. The van der Waals surface area contributed by atoms with E-state index in [1.54, 1.807) is 6.92 Å². The first-order valence-electron chi connectivity index (χ1n) is 5.30. The smallest absolute Gasteiger partial charge is 0.415 e. The van der Waals surface area contributed by atoms with Gasteiger partial charge in [-0.1, -0.05) is 6.92 Å². The fraction of sp³-hybridized carbons (Fsp3) is 0.900. The summed E-state index contributed by atoms with van der Waals surface area (Å²) in [6.07, 6.45) is -6.99. The second-order valence-corrected chi connectivity index (χ2v) is 4.38. The van der Waals surface area contributed by atoms with E-state index in [1.165, 1.54) is 12.0 Å². The van der Waals surface area contributed by atoms with E-state index in [0.717, 1.165) is 0 Å². The van der Waals surface area contributed by atoms with Gasteiger partial charge in [0.2, 0.25) is 0 Å². The number of halogens is 3. The summed E-state index contributed by atoms with van der Waals surface area (Å²) >= 11 is 0. The highest BCUT2D eigenvalue weighted by Crippen LogP contribution is 2.27. The van der Waals surface area contributed by atoms with E-state index in [0.29, 0.717) is 6.54 Å². The van der Waals surface area contributed by atoms with Crippen molar-refractivity contribution in [2.75, 3.05) is 26.7 Å². The van der Waals surface area contributed by atoms with Gasteiger partial charge in [0.15, 0.2) is 6.10 Å². The van der Waals surface area contributed by atoms with Crippen molar-refractivity contribution in [2.45, 2.75) is 19.2 Å². The maximum atomic E-state index is 12.2. The number of alkyl halides is 3. The van der Waals surface area contributed by atoms with Crippen LogP contribution in [-0.4, -0.2) is 55.0 Å². The van der Waals surface area contributed by atoms with Crippen LogP contribution in [0.4, 0.5) is 13.2 Å². The van der Waals surface area contributed by atoms with E-state index in [1.807, 2.05) is 0 Å². The molecule has 3 unspecified atom stereocenters. The maximum absolute atomic E-state index is 12.2. The molecule has 0 aliphatic carbocycles. The van der Waals surface area contributed by atoms with Gasteiger partial charge < -0.3 is 9.84 Å². The molecule has 4 nitrogen and oxygen atoms in total. The Hall–Kier alpha value is -0.820. The molecule has 1 N–H and O–H groups in total. The molecular formula is C10H16F3NO3. The largest absolute Gasteiger partial charge is 0.469 e. The SMILES string of the molecule is COC(=O)C1CN(CC(O)C(F)(F)F)CC1C. The minimum absolute atomic E-state index is 0.0668. The first-order valence-corrected chi connectivity index (χ1v) is 5.30. The molecule has 1 rings (SSSR count). The number of carbonyl (C=O) groups excluding carboxylic acids is 1. The summed E-state index contributed by atoms with van der Waals surface area (Å²) < 4.78 is 41.0. The molecule has 1 aliphatic heterocycles. The van der Waals surface area contributed by atoms with Crippen molar-refractivity contribution in [3.8, 4) is 0 Å². The van der Waals surface area contributed by atoms with E-state index in [4.69, 9.17) is 5.11 Å². The third kappa shape index (κ3) is 3.57. The molecule has 1 fully saturated rings. The molecule has 0 aromatic carbocycles. The molecule has 17 heavy (non-hydrogen) atoms. The molecule has 0 radical (unpaired) electrons. The van der Waals surface area contributed by atoms with Gasteiger partial charge in [-0.3, -0.25) is 9.69 Å². The summed E-state index contributed by atoms with van der Waals surface area (Å²) in [7, 11) is 1.25. The molecule has 7 heteroatoms. The third-order valence-electron chi connectivity index (χ3n) is 3.00. The lowest BCUT2D eigenvalue weighted by molar-refractivity contribution is -0.207. The second kappa shape index (κ2) is 5.22. The number of rotatable bonds is 3. The van der Waals surface area contributed by atoms with Crippen LogP contribution in [-0.2, 0) is 9.53 Å². The molecule has 100 valence electrons. The number of nitrogens with zero attached hydrogens (tertiary/aromatic N) is 1. The fourth-order valence-electron chi connectivity index (χ4n) is 2.02. The van der Waals surface area contributed by atoms with Crippen molar-refractivity contribution in [1.82, 2.24) is 4.90 Å². The number of methoxy groups -OCH3 is 1. The average molecular weight is 255 g/mol. The minimum Gasteiger partial charge on any atom is -0.469 e. The Morgan fingerprint density at radius 2 is 2.12 bits per heavy atom. The first-order chi connectivity index (χ1) is 7.75. The Kier molecular flexibility index (Phi) is 4.37. The lowest BCUT2D eigenvalue weighted by atomic mass is 9.99. The molecule has 1 saturated heterocycles.